The lowest BCUT2D eigenvalue weighted by molar-refractivity contribution is -0.120. The number of amides is 1. The van der Waals surface area contributed by atoms with Gasteiger partial charge >= 0.3 is 0 Å². The molecule has 0 aliphatic heterocycles. The van der Waals surface area contributed by atoms with E-state index in [0.717, 1.165) is 0 Å². The van der Waals surface area contributed by atoms with Crippen LogP contribution in [0.1, 0.15) is 12.5 Å². The Morgan fingerprint density at radius 1 is 1.46 bits per heavy atom. The number of hydrogen-bond acceptors (Lipinski definition) is 1. The van der Waals surface area contributed by atoms with Crippen LogP contribution >= 0.6 is 0 Å². The molecule has 3 heteroatoms. The van der Waals surface area contributed by atoms with Crippen molar-refractivity contribution in [3.8, 4) is 0 Å². The van der Waals surface area contributed by atoms with Gasteiger partial charge in [0.1, 0.15) is 5.82 Å². The molecule has 0 aliphatic rings. The number of benzene rings is 1. The molecule has 0 heterocycles. The molecule has 1 N–H and O–H groups in total. The van der Waals surface area contributed by atoms with Gasteiger partial charge in [-0.2, -0.15) is 0 Å². The molecule has 13 heavy (non-hydrogen) atoms. The number of nitrogens with one attached hydrogen (secondary N) is 1. The van der Waals surface area contributed by atoms with Crippen LogP contribution in [0.3, 0.4) is 0 Å². The van der Waals surface area contributed by atoms with Gasteiger partial charge < -0.3 is 5.32 Å². The molecule has 0 aliphatic carbocycles. The molecule has 1 rings (SSSR count). The molecule has 1 aromatic carbocycles. The van der Waals surface area contributed by atoms with Crippen molar-refractivity contribution in [3.05, 3.63) is 35.6 Å². The summed E-state index contributed by atoms with van der Waals surface area (Å²) in [6.45, 7) is 2.41. The van der Waals surface area contributed by atoms with E-state index in [1.54, 1.807) is 18.2 Å². The zero-order valence-electron chi connectivity index (χ0n) is 7.51. The quantitative estimate of drug-likeness (QED) is 0.752. The first kappa shape index (κ1) is 9.71. The van der Waals surface area contributed by atoms with Crippen molar-refractivity contribution >= 4 is 5.91 Å². The van der Waals surface area contributed by atoms with E-state index in [-0.39, 0.29) is 18.1 Å². The summed E-state index contributed by atoms with van der Waals surface area (Å²) in [5, 5.41) is 2.62. The smallest absolute Gasteiger partial charge is 0.224 e. The van der Waals surface area contributed by atoms with E-state index >= 15 is 0 Å². The highest BCUT2D eigenvalue weighted by atomic mass is 19.1. The van der Waals surface area contributed by atoms with Gasteiger partial charge in [0, 0.05) is 6.54 Å². The van der Waals surface area contributed by atoms with Gasteiger partial charge in [0.2, 0.25) is 5.91 Å². The summed E-state index contributed by atoms with van der Waals surface area (Å²) in [6, 6.07) is 6.30. The maximum absolute atomic E-state index is 13.0. The van der Waals surface area contributed by atoms with Crippen molar-refractivity contribution in [3.63, 3.8) is 0 Å². The molecular weight excluding hydrogens is 169 g/mol. The minimum Gasteiger partial charge on any atom is -0.356 e. The van der Waals surface area contributed by atoms with Gasteiger partial charge in [0.15, 0.2) is 0 Å². The van der Waals surface area contributed by atoms with E-state index in [0.29, 0.717) is 12.1 Å². The maximum atomic E-state index is 13.0. The second kappa shape index (κ2) is 4.60. The van der Waals surface area contributed by atoms with Gasteiger partial charge in [-0.15, -0.1) is 0 Å². The molecule has 1 amide bonds. The summed E-state index contributed by atoms with van der Waals surface area (Å²) in [5.74, 6) is -0.471. The molecule has 0 saturated carbocycles. The third kappa shape index (κ3) is 2.86. The van der Waals surface area contributed by atoms with Gasteiger partial charge in [-0.3, -0.25) is 4.79 Å². The van der Waals surface area contributed by atoms with E-state index < -0.39 is 0 Å². The van der Waals surface area contributed by atoms with Crippen molar-refractivity contribution in [1.29, 1.82) is 0 Å². The lowest BCUT2D eigenvalue weighted by Crippen LogP contribution is -2.24. The summed E-state index contributed by atoms with van der Waals surface area (Å²) >= 11 is 0. The van der Waals surface area contributed by atoms with Crippen LogP contribution in [-0.4, -0.2) is 12.5 Å². The molecule has 0 unspecified atom stereocenters. The third-order valence-electron chi connectivity index (χ3n) is 1.68. The highest BCUT2D eigenvalue weighted by molar-refractivity contribution is 5.78. The summed E-state index contributed by atoms with van der Waals surface area (Å²) in [4.78, 5) is 11.1. The molecule has 0 aromatic heterocycles. The predicted molar refractivity (Wildman–Crippen MR) is 48.8 cm³/mol. The number of likely N-dealkylation sites (N-methyl/N-ethyl adjacent to an activating group) is 1. The maximum Gasteiger partial charge on any atom is 0.224 e. The van der Waals surface area contributed by atoms with Crippen LogP contribution in [0.25, 0.3) is 0 Å². The third-order valence-corrected chi connectivity index (χ3v) is 1.68. The largest absolute Gasteiger partial charge is 0.356 e. The van der Waals surface area contributed by atoms with Crippen LogP contribution in [0.4, 0.5) is 4.39 Å². The number of rotatable bonds is 3. The van der Waals surface area contributed by atoms with E-state index in [4.69, 9.17) is 0 Å². The first-order valence-electron chi connectivity index (χ1n) is 4.24. The Balaban J connectivity index is 2.63. The minimum atomic E-state index is -0.325. The van der Waals surface area contributed by atoms with Gasteiger partial charge in [0.25, 0.3) is 0 Å². The second-order valence-corrected chi connectivity index (χ2v) is 2.72. The standard InChI is InChI=1S/C10H12FNO/c1-2-12-10(13)7-8-5-3-4-6-9(8)11/h3-6H,2,7H2,1H3,(H,12,13). The normalized spacial score (nSPS) is 9.69. The van der Waals surface area contributed by atoms with Gasteiger partial charge in [-0.05, 0) is 18.6 Å². The Hall–Kier alpha value is -1.38. The van der Waals surface area contributed by atoms with Gasteiger partial charge in [-0.25, -0.2) is 4.39 Å². The number of hydrogen-bond donors (Lipinski definition) is 1. The topological polar surface area (TPSA) is 29.1 Å². The summed E-state index contributed by atoms with van der Waals surface area (Å²) in [6.07, 6.45) is 0.112. The summed E-state index contributed by atoms with van der Waals surface area (Å²) in [5.41, 5.74) is 0.438. The lowest BCUT2D eigenvalue weighted by atomic mass is 10.1. The van der Waals surface area contributed by atoms with Crippen molar-refractivity contribution < 1.29 is 9.18 Å². The Morgan fingerprint density at radius 2 is 2.15 bits per heavy atom. The predicted octanol–water partition coefficient (Wildman–Crippen LogP) is 1.50. The number of carbonyl (C=O) groups is 1. The van der Waals surface area contributed by atoms with Gasteiger partial charge in [-0.1, -0.05) is 18.2 Å². The first-order chi connectivity index (χ1) is 6.24. The van der Waals surface area contributed by atoms with Crippen molar-refractivity contribution in [1.82, 2.24) is 5.32 Å². The number of carbonyl (C=O) groups excluding carboxylic acids is 1. The molecule has 2 nitrogen and oxygen atoms in total. The molecule has 0 fully saturated rings. The first-order valence-corrected chi connectivity index (χ1v) is 4.24. The molecule has 1 aromatic rings. The van der Waals surface area contributed by atoms with Gasteiger partial charge in [0.05, 0.1) is 6.42 Å². The molecular formula is C10H12FNO. The SMILES string of the molecule is CCNC(=O)Cc1ccccc1F. The average molecular weight is 181 g/mol. The zero-order valence-corrected chi connectivity index (χ0v) is 7.51. The molecule has 0 spiro atoms. The highest BCUT2D eigenvalue weighted by Crippen LogP contribution is 2.06. The fourth-order valence-corrected chi connectivity index (χ4v) is 1.07. The van der Waals surface area contributed by atoms with Crippen LogP contribution in [0.15, 0.2) is 24.3 Å². The second-order valence-electron chi connectivity index (χ2n) is 2.72. The molecule has 0 bridgehead atoms. The minimum absolute atomic E-state index is 0.112. The van der Waals surface area contributed by atoms with E-state index in [2.05, 4.69) is 5.32 Å². The lowest BCUT2D eigenvalue weighted by Gasteiger charge is -2.02. The fraction of sp³-hybridized carbons (Fsp3) is 0.300. The Kier molecular flexibility index (Phi) is 3.43. The van der Waals surface area contributed by atoms with Crippen molar-refractivity contribution in [2.45, 2.75) is 13.3 Å². The van der Waals surface area contributed by atoms with Crippen LogP contribution in [0.5, 0.6) is 0 Å². The van der Waals surface area contributed by atoms with Crippen LogP contribution in [0.2, 0.25) is 0 Å². The van der Waals surface area contributed by atoms with E-state index in [9.17, 15) is 9.18 Å². The zero-order chi connectivity index (χ0) is 9.68. The molecule has 0 saturated heterocycles. The number of halogens is 1. The molecule has 0 atom stereocenters. The average Bonchev–Trinajstić information content (AvgIpc) is 2.09. The monoisotopic (exact) mass is 181 g/mol. The van der Waals surface area contributed by atoms with Crippen LogP contribution in [-0.2, 0) is 11.2 Å². The Morgan fingerprint density at radius 3 is 2.77 bits per heavy atom. The van der Waals surface area contributed by atoms with Crippen molar-refractivity contribution in [2.75, 3.05) is 6.54 Å². The summed E-state index contributed by atoms with van der Waals surface area (Å²) in [7, 11) is 0. The Bertz CT molecular complexity index is 299. The van der Waals surface area contributed by atoms with E-state index in [1.807, 2.05) is 6.92 Å². The molecule has 70 valence electrons. The molecule has 0 radical (unpaired) electrons. The highest BCUT2D eigenvalue weighted by Gasteiger charge is 2.05. The Labute approximate surface area is 76.8 Å². The van der Waals surface area contributed by atoms with Crippen LogP contribution in [0, 0.1) is 5.82 Å². The fourth-order valence-electron chi connectivity index (χ4n) is 1.07. The van der Waals surface area contributed by atoms with Crippen LogP contribution < -0.4 is 5.32 Å². The summed E-state index contributed by atoms with van der Waals surface area (Å²) < 4.78 is 13.0. The van der Waals surface area contributed by atoms with E-state index in [1.165, 1.54) is 6.07 Å². The van der Waals surface area contributed by atoms with Crippen molar-refractivity contribution in [2.24, 2.45) is 0 Å².